The van der Waals surface area contributed by atoms with Gasteiger partial charge in [-0.1, -0.05) is 30.3 Å². The molecule has 3 nitrogen and oxygen atoms in total. The average molecular weight is 308 g/mol. The predicted molar refractivity (Wildman–Crippen MR) is 91.4 cm³/mol. The SMILES string of the molecule is Cc1ccc(-c2csc(NC(=O)c3ccccc3)n2)cc1C. The van der Waals surface area contributed by atoms with Crippen molar-refractivity contribution in [2.45, 2.75) is 13.8 Å². The van der Waals surface area contributed by atoms with E-state index in [1.807, 2.05) is 23.6 Å². The van der Waals surface area contributed by atoms with Crippen LogP contribution in [0.1, 0.15) is 21.5 Å². The molecule has 22 heavy (non-hydrogen) atoms. The molecule has 0 saturated heterocycles. The van der Waals surface area contributed by atoms with Crippen LogP contribution >= 0.6 is 11.3 Å². The van der Waals surface area contributed by atoms with E-state index in [1.165, 1.54) is 22.5 Å². The summed E-state index contributed by atoms with van der Waals surface area (Å²) in [5, 5.41) is 5.42. The number of aryl methyl sites for hydroxylation is 2. The highest BCUT2D eigenvalue weighted by Gasteiger charge is 2.10. The summed E-state index contributed by atoms with van der Waals surface area (Å²) in [7, 11) is 0. The molecular weight excluding hydrogens is 292 g/mol. The summed E-state index contributed by atoms with van der Waals surface area (Å²) in [4.78, 5) is 16.6. The van der Waals surface area contributed by atoms with E-state index in [-0.39, 0.29) is 5.91 Å². The summed E-state index contributed by atoms with van der Waals surface area (Å²) in [5.41, 5.74) is 5.08. The number of carbonyl (C=O) groups excluding carboxylic acids is 1. The van der Waals surface area contributed by atoms with E-state index in [1.54, 1.807) is 12.1 Å². The van der Waals surface area contributed by atoms with Crippen LogP contribution in [0, 0.1) is 13.8 Å². The fraction of sp³-hybridized carbons (Fsp3) is 0.111. The second-order valence-electron chi connectivity index (χ2n) is 5.16. The number of rotatable bonds is 3. The molecular formula is C18H16N2OS. The summed E-state index contributed by atoms with van der Waals surface area (Å²) in [6.07, 6.45) is 0. The number of hydrogen-bond donors (Lipinski definition) is 1. The molecule has 0 fully saturated rings. The van der Waals surface area contributed by atoms with Crippen molar-refractivity contribution in [3.63, 3.8) is 0 Å². The Bertz CT molecular complexity index is 809. The lowest BCUT2D eigenvalue weighted by Crippen LogP contribution is -2.11. The van der Waals surface area contributed by atoms with Crippen molar-refractivity contribution >= 4 is 22.4 Å². The number of anilines is 1. The Morgan fingerprint density at radius 2 is 1.82 bits per heavy atom. The first kappa shape index (κ1) is 14.5. The number of carbonyl (C=O) groups is 1. The van der Waals surface area contributed by atoms with Gasteiger partial charge in [-0.05, 0) is 43.2 Å². The van der Waals surface area contributed by atoms with Gasteiger partial charge in [0.1, 0.15) is 0 Å². The van der Waals surface area contributed by atoms with Gasteiger partial charge in [0.15, 0.2) is 5.13 Å². The third kappa shape index (κ3) is 3.07. The van der Waals surface area contributed by atoms with E-state index in [4.69, 9.17) is 0 Å². The van der Waals surface area contributed by atoms with Crippen molar-refractivity contribution in [2.75, 3.05) is 5.32 Å². The Kier molecular flexibility index (Phi) is 4.02. The Hall–Kier alpha value is -2.46. The molecule has 2 aromatic carbocycles. The molecule has 0 unspecified atom stereocenters. The largest absolute Gasteiger partial charge is 0.298 e. The minimum absolute atomic E-state index is 0.137. The van der Waals surface area contributed by atoms with E-state index >= 15 is 0 Å². The van der Waals surface area contributed by atoms with Gasteiger partial charge < -0.3 is 0 Å². The smallest absolute Gasteiger partial charge is 0.257 e. The van der Waals surface area contributed by atoms with Crippen LogP contribution in [0.4, 0.5) is 5.13 Å². The average Bonchev–Trinajstić information content (AvgIpc) is 2.99. The van der Waals surface area contributed by atoms with Crippen LogP contribution < -0.4 is 5.32 Å². The van der Waals surface area contributed by atoms with Crippen LogP contribution in [0.5, 0.6) is 0 Å². The molecule has 0 saturated carbocycles. The maximum atomic E-state index is 12.1. The lowest BCUT2D eigenvalue weighted by Gasteiger charge is -2.03. The summed E-state index contributed by atoms with van der Waals surface area (Å²) < 4.78 is 0. The fourth-order valence-electron chi connectivity index (χ4n) is 2.12. The van der Waals surface area contributed by atoms with Crippen molar-refractivity contribution < 1.29 is 4.79 Å². The Labute approximate surface area is 133 Å². The van der Waals surface area contributed by atoms with Gasteiger partial charge in [-0.3, -0.25) is 10.1 Å². The maximum absolute atomic E-state index is 12.1. The number of nitrogens with one attached hydrogen (secondary N) is 1. The van der Waals surface area contributed by atoms with Crippen molar-refractivity contribution in [3.8, 4) is 11.3 Å². The normalized spacial score (nSPS) is 10.5. The molecule has 0 aliphatic carbocycles. The molecule has 110 valence electrons. The minimum Gasteiger partial charge on any atom is -0.298 e. The monoisotopic (exact) mass is 308 g/mol. The van der Waals surface area contributed by atoms with Crippen LogP contribution in [0.2, 0.25) is 0 Å². The number of nitrogens with zero attached hydrogens (tertiary/aromatic N) is 1. The van der Waals surface area contributed by atoms with Crippen LogP contribution in [0.15, 0.2) is 53.9 Å². The summed E-state index contributed by atoms with van der Waals surface area (Å²) in [5.74, 6) is -0.137. The maximum Gasteiger partial charge on any atom is 0.257 e. The zero-order valence-electron chi connectivity index (χ0n) is 12.5. The summed E-state index contributed by atoms with van der Waals surface area (Å²) in [6, 6.07) is 15.4. The van der Waals surface area contributed by atoms with E-state index in [2.05, 4.69) is 42.3 Å². The van der Waals surface area contributed by atoms with Gasteiger partial charge in [0.2, 0.25) is 0 Å². The highest BCUT2D eigenvalue weighted by atomic mass is 32.1. The highest BCUT2D eigenvalue weighted by Crippen LogP contribution is 2.26. The van der Waals surface area contributed by atoms with Gasteiger partial charge in [-0.25, -0.2) is 4.98 Å². The number of thiazole rings is 1. The molecule has 0 aliphatic rings. The van der Waals surface area contributed by atoms with E-state index in [0.717, 1.165) is 11.3 Å². The second kappa shape index (κ2) is 6.12. The number of amides is 1. The predicted octanol–water partition coefficient (Wildman–Crippen LogP) is 4.68. The Balaban J connectivity index is 1.79. The molecule has 4 heteroatoms. The number of hydrogen-bond acceptors (Lipinski definition) is 3. The third-order valence-electron chi connectivity index (χ3n) is 3.56. The number of benzene rings is 2. The molecule has 0 atom stereocenters. The zero-order chi connectivity index (χ0) is 15.5. The molecule has 0 spiro atoms. The quantitative estimate of drug-likeness (QED) is 0.763. The third-order valence-corrected chi connectivity index (χ3v) is 4.32. The zero-order valence-corrected chi connectivity index (χ0v) is 13.3. The van der Waals surface area contributed by atoms with Crippen molar-refractivity contribution in [2.24, 2.45) is 0 Å². The molecule has 0 radical (unpaired) electrons. The molecule has 1 heterocycles. The van der Waals surface area contributed by atoms with Gasteiger partial charge in [-0.2, -0.15) is 0 Å². The van der Waals surface area contributed by atoms with Crippen molar-refractivity contribution in [1.29, 1.82) is 0 Å². The van der Waals surface area contributed by atoms with Gasteiger partial charge >= 0.3 is 0 Å². The first-order valence-corrected chi connectivity index (χ1v) is 7.91. The Morgan fingerprint density at radius 1 is 1.05 bits per heavy atom. The number of aromatic nitrogens is 1. The van der Waals surface area contributed by atoms with Crippen molar-refractivity contribution in [1.82, 2.24) is 4.98 Å². The molecule has 0 aliphatic heterocycles. The minimum atomic E-state index is -0.137. The van der Waals surface area contributed by atoms with Gasteiger partial charge in [-0.15, -0.1) is 11.3 Å². The topological polar surface area (TPSA) is 42.0 Å². The molecule has 1 N–H and O–H groups in total. The molecule has 1 amide bonds. The van der Waals surface area contributed by atoms with Crippen LogP contribution in [-0.4, -0.2) is 10.9 Å². The second-order valence-corrected chi connectivity index (χ2v) is 6.02. The van der Waals surface area contributed by atoms with E-state index in [0.29, 0.717) is 10.7 Å². The van der Waals surface area contributed by atoms with Crippen molar-refractivity contribution in [3.05, 3.63) is 70.6 Å². The van der Waals surface area contributed by atoms with E-state index < -0.39 is 0 Å². The molecule has 3 aromatic rings. The first-order valence-electron chi connectivity index (χ1n) is 7.03. The summed E-state index contributed by atoms with van der Waals surface area (Å²) >= 11 is 1.43. The molecule has 1 aromatic heterocycles. The van der Waals surface area contributed by atoms with E-state index in [9.17, 15) is 4.79 Å². The highest BCUT2D eigenvalue weighted by molar-refractivity contribution is 7.14. The van der Waals surface area contributed by atoms with Crippen LogP contribution in [-0.2, 0) is 0 Å². The lowest BCUT2D eigenvalue weighted by atomic mass is 10.1. The Morgan fingerprint density at radius 3 is 2.55 bits per heavy atom. The van der Waals surface area contributed by atoms with Crippen LogP contribution in [0.3, 0.4) is 0 Å². The van der Waals surface area contributed by atoms with Gasteiger partial charge in [0.25, 0.3) is 5.91 Å². The fourth-order valence-corrected chi connectivity index (χ4v) is 2.84. The van der Waals surface area contributed by atoms with Crippen LogP contribution in [0.25, 0.3) is 11.3 Å². The lowest BCUT2D eigenvalue weighted by molar-refractivity contribution is 0.102. The van der Waals surface area contributed by atoms with Gasteiger partial charge in [0.05, 0.1) is 5.69 Å². The van der Waals surface area contributed by atoms with Gasteiger partial charge in [0, 0.05) is 16.5 Å². The molecule has 0 bridgehead atoms. The summed E-state index contributed by atoms with van der Waals surface area (Å²) in [6.45, 7) is 4.18. The molecule has 3 rings (SSSR count). The first-order chi connectivity index (χ1) is 10.6. The standard InChI is InChI=1S/C18H16N2OS/c1-12-8-9-15(10-13(12)2)16-11-22-18(19-16)20-17(21)14-6-4-3-5-7-14/h3-11H,1-2H3,(H,19,20,21).